The summed E-state index contributed by atoms with van der Waals surface area (Å²) in [5.74, 6) is 1.18. The third-order valence-corrected chi connectivity index (χ3v) is 5.51. The number of piperidine rings is 1. The predicted molar refractivity (Wildman–Crippen MR) is 82.4 cm³/mol. The Morgan fingerprint density at radius 1 is 1.26 bits per heavy atom. The molecule has 0 aliphatic carbocycles. The molecule has 3 rings (SSSR count). The average molecular weight is 337 g/mol. The summed E-state index contributed by atoms with van der Waals surface area (Å²) in [4.78, 5) is 12.2. The maximum Gasteiger partial charge on any atom is 0.262 e. The molecule has 1 fully saturated rings. The summed E-state index contributed by atoms with van der Waals surface area (Å²) >= 11 is 0. The summed E-state index contributed by atoms with van der Waals surface area (Å²) in [5.41, 5.74) is 0. The van der Waals surface area contributed by atoms with Gasteiger partial charge in [0.05, 0.1) is 6.33 Å². The minimum absolute atomic E-state index is 0.0421. The van der Waals surface area contributed by atoms with Crippen molar-refractivity contribution < 1.29 is 13.2 Å². The molecule has 0 atom stereocenters. The monoisotopic (exact) mass is 337 g/mol. The SMILES string of the molecule is Cc1nccc(OC2CCN(S(=O)(=O)c3cn(C)cn3)CC2)n1. The van der Waals surface area contributed by atoms with Crippen LogP contribution in [0.4, 0.5) is 0 Å². The lowest BCUT2D eigenvalue weighted by Gasteiger charge is -2.30. The fourth-order valence-corrected chi connectivity index (χ4v) is 3.95. The zero-order valence-electron chi connectivity index (χ0n) is 13.1. The maximum atomic E-state index is 12.5. The maximum absolute atomic E-state index is 12.5. The van der Waals surface area contributed by atoms with E-state index >= 15 is 0 Å². The first-order valence-electron chi connectivity index (χ1n) is 7.39. The van der Waals surface area contributed by atoms with E-state index in [1.54, 1.807) is 30.8 Å². The van der Waals surface area contributed by atoms with Gasteiger partial charge in [-0.25, -0.2) is 18.4 Å². The van der Waals surface area contributed by atoms with Crippen molar-refractivity contribution in [1.82, 2.24) is 23.8 Å². The van der Waals surface area contributed by atoms with Gasteiger partial charge in [-0.05, 0) is 19.8 Å². The number of hydrogen-bond acceptors (Lipinski definition) is 6. The highest BCUT2D eigenvalue weighted by molar-refractivity contribution is 7.89. The molecule has 8 nitrogen and oxygen atoms in total. The molecule has 0 saturated carbocycles. The Balaban J connectivity index is 1.62. The lowest BCUT2D eigenvalue weighted by molar-refractivity contribution is 0.129. The van der Waals surface area contributed by atoms with Gasteiger partial charge < -0.3 is 9.30 Å². The first-order chi connectivity index (χ1) is 10.9. The molecular formula is C14H19N5O3S. The summed E-state index contributed by atoms with van der Waals surface area (Å²) < 4.78 is 33.9. The average Bonchev–Trinajstić information content (AvgIpc) is 2.95. The molecule has 9 heteroatoms. The Morgan fingerprint density at radius 2 is 2.00 bits per heavy atom. The molecule has 0 amide bonds. The second-order valence-electron chi connectivity index (χ2n) is 5.54. The van der Waals surface area contributed by atoms with Crippen molar-refractivity contribution in [2.24, 2.45) is 7.05 Å². The first kappa shape index (κ1) is 15.9. The Hall–Kier alpha value is -2.00. The molecule has 124 valence electrons. The van der Waals surface area contributed by atoms with E-state index in [4.69, 9.17) is 4.74 Å². The number of hydrogen-bond donors (Lipinski definition) is 0. The highest BCUT2D eigenvalue weighted by Gasteiger charge is 2.31. The lowest BCUT2D eigenvalue weighted by atomic mass is 10.1. The van der Waals surface area contributed by atoms with Gasteiger partial charge >= 0.3 is 0 Å². The molecule has 3 heterocycles. The second-order valence-corrected chi connectivity index (χ2v) is 7.43. The van der Waals surface area contributed by atoms with E-state index in [0.29, 0.717) is 37.6 Å². The van der Waals surface area contributed by atoms with Crippen molar-refractivity contribution >= 4 is 10.0 Å². The Labute approximate surface area is 135 Å². The number of ether oxygens (including phenoxy) is 1. The van der Waals surface area contributed by atoms with Crippen LogP contribution in [0, 0.1) is 6.92 Å². The van der Waals surface area contributed by atoms with Crippen molar-refractivity contribution in [1.29, 1.82) is 0 Å². The van der Waals surface area contributed by atoms with E-state index in [1.165, 1.54) is 16.8 Å². The van der Waals surface area contributed by atoms with Gasteiger partial charge in [-0.1, -0.05) is 0 Å². The van der Waals surface area contributed by atoms with Gasteiger partial charge in [-0.2, -0.15) is 9.29 Å². The fourth-order valence-electron chi connectivity index (χ4n) is 2.52. The van der Waals surface area contributed by atoms with Crippen LogP contribution in [0.15, 0.2) is 29.8 Å². The van der Waals surface area contributed by atoms with Crippen molar-refractivity contribution in [3.63, 3.8) is 0 Å². The molecular weight excluding hydrogens is 318 g/mol. The predicted octanol–water partition coefficient (Wildman–Crippen LogP) is 0.751. The normalized spacial score (nSPS) is 17.3. The van der Waals surface area contributed by atoms with Crippen LogP contribution in [0.2, 0.25) is 0 Å². The van der Waals surface area contributed by atoms with Gasteiger partial charge in [0.25, 0.3) is 10.0 Å². The zero-order valence-corrected chi connectivity index (χ0v) is 13.9. The van der Waals surface area contributed by atoms with Gasteiger partial charge in [0, 0.05) is 38.6 Å². The largest absolute Gasteiger partial charge is 0.474 e. The molecule has 0 unspecified atom stereocenters. The summed E-state index contributed by atoms with van der Waals surface area (Å²) in [5, 5.41) is 0.0887. The summed E-state index contributed by atoms with van der Waals surface area (Å²) in [7, 11) is -1.78. The van der Waals surface area contributed by atoms with Crippen LogP contribution in [0.1, 0.15) is 18.7 Å². The highest BCUT2D eigenvalue weighted by atomic mass is 32.2. The molecule has 23 heavy (non-hydrogen) atoms. The Bertz CT molecular complexity index is 781. The molecule has 2 aromatic heterocycles. The standard InChI is InChI=1S/C14H19N5O3S/c1-11-15-6-3-13(17-11)22-12-4-7-19(8-5-12)23(20,21)14-9-18(2)10-16-14/h3,6,9-10,12H,4-5,7-8H2,1-2H3. The van der Waals surface area contributed by atoms with E-state index in [2.05, 4.69) is 15.0 Å². The van der Waals surface area contributed by atoms with E-state index in [0.717, 1.165) is 0 Å². The third-order valence-electron chi connectivity index (χ3n) is 3.72. The van der Waals surface area contributed by atoms with E-state index in [1.807, 2.05) is 0 Å². The smallest absolute Gasteiger partial charge is 0.262 e. The molecule has 0 bridgehead atoms. The van der Waals surface area contributed by atoms with Crippen LogP contribution >= 0.6 is 0 Å². The summed E-state index contributed by atoms with van der Waals surface area (Å²) in [6.07, 6.45) is 5.85. The molecule has 1 aliphatic heterocycles. The number of aromatic nitrogens is 4. The Kier molecular flexibility index (Phi) is 4.31. The van der Waals surface area contributed by atoms with Crippen molar-refractivity contribution in [3.05, 3.63) is 30.6 Å². The lowest BCUT2D eigenvalue weighted by Crippen LogP contribution is -2.41. The van der Waals surface area contributed by atoms with Gasteiger partial charge in [0.15, 0.2) is 5.03 Å². The van der Waals surface area contributed by atoms with Crippen LogP contribution in [-0.4, -0.2) is 51.4 Å². The van der Waals surface area contributed by atoms with Crippen LogP contribution in [0.5, 0.6) is 5.88 Å². The van der Waals surface area contributed by atoms with Gasteiger partial charge in [-0.15, -0.1) is 0 Å². The van der Waals surface area contributed by atoms with Crippen molar-refractivity contribution in [2.75, 3.05) is 13.1 Å². The summed E-state index contributed by atoms with van der Waals surface area (Å²) in [6.45, 7) is 2.62. The zero-order chi connectivity index (χ0) is 16.4. The minimum atomic E-state index is -3.52. The van der Waals surface area contributed by atoms with E-state index in [9.17, 15) is 8.42 Å². The number of nitrogens with zero attached hydrogens (tertiary/aromatic N) is 5. The molecule has 1 aliphatic rings. The summed E-state index contributed by atoms with van der Waals surface area (Å²) in [6, 6.07) is 1.71. The van der Waals surface area contributed by atoms with Crippen LogP contribution < -0.4 is 4.74 Å². The van der Waals surface area contributed by atoms with Crippen molar-refractivity contribution in [2.45, 2.75) is 30.9 Å². The molecule has 0 aromatic carbocycles. The van der Waals surface area contributed by atoms with Crippen LogP contribution in [0.25, 0.3) is 0 Å². The molecule has 1 saturated heterocycles. The molecule has 0 N–H and O–H groups in total. The molecule has 0 spiro atoms. The molecule has 2 aromatic rings. The first-order valence-corrected chi connectivity index (χ1v) is 8.83. The van der Waals surface area contributed by atoms with E-state index in [-0.39, 0.29) is 11.1 Å². The third kappa shape index (κ3) is 3.50. The highest BCUT2D eigenvalue weighted by Crippen LogP contribution is 2.22. The number of aryl methyl sites for hydroxylation is 2. The van der Waals surface area contributed by atoms with Gasteiger partial charge in [-0.3, -0.25) is 0 Å². The number of imidazole rings is 1. The van der Waals surface area contributed by atoms with Crippen LogP contribution in [0.3, 0.4) is 0 Å². The van der Waals surface area contributed by atoms with E-state index < -0.39 is 10.0 Å². The van der Waals surface area contributed by atoms with Gasteiger partial charge in [0.1, 0.15) is 11.9 Å². The minimum Gasteiger partial charge on any atom is -0.474 e. The van der Waals surface area contributed by atoms with Gasteiger partial charge in [0.2, 0.25) is 5.88 Å². The topological polar surface area (TPSA) is 90.2 Å². The number of sulfonamides is 1. The number of rotatable bonds is 4. The Morgan fingerprint density at radius 3 is 2.61 bits per heavy atom. The second kappa shape index (κ2) is 6.25. The quantitative estimate of drug-likeness (QED) is 0.818. The van der Waals surface area contributed by atoms with Crippen LogP contribution in [-0.2, 0) is 17.1 Å². The fraction of sp³-hybridized carbons (Fsp3) is 0.500. The molecule has 0 radical (unpaired) electrons. The van der Waals surface area contributed by atoms with Crippen molar-refractivity contribution in [3.8, 4) is 5.88 Å².